The van der Waals surface area contributed by atoms with Gasteiger partial charge in [0, 0.05) is 23.6 Å². The third kappa shape index (κ3) is 1.70. The van der Waals surface area contributed by atoms with Gasteiger partial charge >= 0.3 is 4.34 Å². The van der Waals surface area contributed by atoms with Crippen LogP contribution in [0.1, 0.15) is 0 Å². The van der Waals surface area contributed by atoms with Gasteiger partial charge in [-0.2, -0.15) is 10.1 Å². The maximum Gasteiger partial charge on any atom is 0.303 e. The fraction of sp³-hybridized carbons (Fsp3) is 0.300. The lowest BCUT2D eigenvalue weighted by molar-refractivity contribution is 0.189. The van der Waals surface area contributed by atoms with E-state index in [1.807, 2.05) is 0 Å². The third-order valence-electron chi connectivity index (χ3n) is 2.89. The van der Waals surface area contributed by atoms with Crippen molar-refractivity contribution in [3.05, 3.63) is 16.6 Å². The molecule has 19 heavy (non-hydrogen) atoms. The monoisotopic (exact) mass is 298 g/mol. The summed E-state index contributed by atoms with van der Waals surface area (Å²) in [5.74, 6) is 0. The lowest BCUT2D eigenvalue weighted by Gasteiger charge is -2.01. The minimum atomic E-state index is -1.15. The number of aliphatic hydroxyl groups excluding tert-OH is 1. The topological polar surface area (TPSA) is 96.0 Å². The van der Waals surface area contributed by atoms with Crippen LogP contribution in [0.25, 0.3) is 21.3 Å². The van der Waals surface area contributed by atoms with E-state index in [4.69, 9.17) is 5.11 Å². The molecule has 1 unspecified atom stereocenters. The standard InChI is InChI=1S/C10H10N4O3S2/c1-13-6-5(3-11-14(4-15)9(6)16)7-8(13)12-10(18-7)19(2)17/h3,15H,4H2,1-2H3. The zero-order valence-corrected chi connectivity index (χ0v) is 11.8. The molecule has 7 nitrogen and oxygen atoms in total. The van der Waals surface area contributed by atoms with E-state index in [1.165, 1.54) is 17.5 Å². The molecule has 0 aliphatic heterocycles. The van der Waals surface area contributed by atoms with Crippen molar-refractivity contribution in [1.29, 1.82) is 0 Å². The lowest BCUT2D eigenvalue weighted by atomic mass is 10.4. The molecule has 1 N–H and O–H groups in total. The van der Waals surface area contributed by atoms with Crippen LogP contribution in [0.2, 0.25) is 0 Å². The van der Waals surface area contributed by atoms with Gasteiger partial charge in [0.1, 0.15) is 18.5 Å². The Kier molecular flexibility index (Phi) is 2.86. The molecule has 3 aromatic heterocycles. The molecule has 9 heteroatoms. The molecule has 3 heterocycles. The van der Waals surface area contributed by atoms with Crippen LogP contribution in [0.4, 0.5) is 0 Å². The number of hydrogen-bond acceptors (Lipinski definition) is 6. The summed E-state index contributed by atoms with van der Waals surface area (Å²) in [6.07, 6.45) is 3.09. The van der Waals surface area contributed by atoms with Gasteiger partial charge in [-0.1, -0.05) is 11.3 Å². The van der Waals surface area contributed by atoms with Crippen LogP contribution in [0.5, 0.6) is 0 Å². The normalized spacial score (nSPS) is 13.5. The van der Waals surface area contributed by atoms with Crippen molar-refractivity contribution in [3.63, 3.8) is 0 Å². The summed E-state index contributed by atoms with van der Waals surface area (Å²) in [5, 5.41) is 13.6. The van der Waals surface area contributed by atoms with Crippen molar-refractivity contribution in [1.82, 2.24) is 19.3 Å². The Balaban J connectivity index is 2.45. The number of fused-ring (bicyclic) bond motifs is 3. The molecule has 0 saturated carbocycles. The molecular formula is C10H10N4O3S2. The molecule has 0 aromatic carbocycles. The maximum atomic E-state index is 12.1. The second-order valence-corrected chi connectivity index (χ2v) is 6.55. The summed E-state index contributed by atoms with van der Waals surface area (Å²) in [7, 11) is 1.72. The van der Waals surface area contributed by atoms with Crippen LogP contribution in [0.15, 0.2) is 15.3 Å². The summed E-state index contributed by atoms with van der Waals surface area (Å²) < 4.78 is 15.4. The number of aliphatic hydroxyl groups is 1. The maximum absolute atomic E-state index is 12.1. The molecule has 0 bridgehead atoms. The molecule has 3 rings (SSSR count). The molecule has 1 atom stereocenters. The first kappa shape index (κ1) is 12.6. The quantitative estimate of drug-likeness (QED) is 0.673. The van der Waals surface area contributed by atoms with Gasteiger partial charge in [-0.15, -0.1) is 0 Å². The Labute approximate surface area is 114 Å². The van der Waals surface area contributed by atoms with Crippen molar-refractivity contribution < 1.29 is 9.66 Å². The second kappa shape index (κ2) is 4.30. The highest BCUT2D eigenvalue weighted by molar-refractivity contribution is 7.92. The summed E-state index contributed by atoms with van der Waals surface area (Å²) in [6, 6.07) is 0. The summed E-state index contributed by atoms with van der Waals surface area (Å²) in [5.41, 5.74) is 0.679. The van der Waals surface area contributed by atoms with E-state index in [0.29, 0.717) is 20.9 Å². The molecule has 0 spiro atoms. The average Bonchev–Trinajstić information content (AvgIpc) is 2.91. The smallest absolute Gasteiger partial charge is 0.303 e. The molecule has 0 aliphatic rings. The number of aromatic nitrogens is 4. The van der Waals surface area contributed by atoms with E-state index in [-0.39, 0.29) is 5.56 Å². The van der Waals surface area contributed by atoms with Crippen molar-refractivity contribution in [3.8, 4) is 0 Å². The van der Waals surface area contributed by atoms with E-state index >= 15 is 0 Å². The number of aryl methyl sites for hydroxylation is 1. The fourth-order valence-electron chi connectivity index (χ4n) is 1.99. The molecule has 100 valence electrons. The first-order chi connectivity index (χ1) is 9.04. The van der Waals surface area contributed by atoms with Gasteiger partial charge in [0.25, 0.3) is 5.56 Å². The van der Waals surface area contributed by atoms with Crippen LogP contribution in [0, 0.1) is 0 Å². The first-order valence-corrected chi connectivity index (χ1v) is 7.71. The third-order valence-corrected chi connectivity index (χ3v) is 5.30. The van der Waals surface area contributed by atoms with Gasteiger partial charge < -0.3 is 14.2 Å². The average molecular weight is 298 g/mol. The number of thiazole rings is 1. The summed E-state index contributed by atoms with van der Waals surface area (Å²) >= 11 is 0.143. The van der Waals surface area contributed by atoms with E-state index in [1.54, 1.807) is 17.9 Å². The summed E-state index contributed by atoms with van der Waals surface area (Å²) in [4.78, 5) is 16.4. The minimum Gasteiger partial charge on any atom is -0.610 e. The molecular weight excluding hydrogens is 288 g/mol. The van der Waals surface area contributed by atoms with Gasteiger partial charge in [0.05, 0.1) is 10.9 Å². The molecule has 0 amide bonds. The Bertz CT molecular complexity index is 833. The zero-order chi connectivity index (χ0) is 13.7. The second-order valence-electron chi connectivity index (χ2n) is 4.00. The molecule has 3 aromatic rings. The minimum absolute atomic E-state index is 0.369. The van der Waals surface area contributed by atoms with Crippen LogP contribution < -0.4 is 5.56 Å². The SMILES string of the molecule is Cn1c2nc([S+](C)[O-])sc2c2cnn(CO)c(=O)c21. The Morgan fingerprint density at radius 2 is 2.32 bits per heavy atom. The van der Waals surface area contributed by atoms with Crippen LogP contribution in [-0.4, -0.2) is 35.2 Å². The van der Waals surface area contributed by atoms with Gasteiger partial charge in [0.15, 0.2) is 5.65 Å². The number of nitrogens with zero attached hydrogens (tertiary/aromatic N) is 4. The highest BCUT2D eigenvalue weighted by atomic mass is 32.2. The predicted molar refractivity (Wildman–Crippen MR) is 72.7 cm³/mol. The van der Waals surface area contributed by atoms with Gasteiger partial charge in [-0.3, -0.25) is 4.79 Å². The highest BCUT2D eigenvalue weighted by Crippen LogP contribution is 2.32. The molecule has 0 fully saturated rings. The zero-order valence-electron chi connectivity index (χ0n) is 10.2. The van der Waals surface area contributed by atoms with E-state index in [0.717, 1.165) is 9.38 Å². The van der Waals surface area contributed by atoms with Crippen molar-refractivity contribution in [2.24, 2.45) is 7.05 Å². The molecule has 0 aliphatic carbocycles. The van der Waals surface area contributed by atoms with E-state index < -0.39 is 17.9 Å². The van der Waals surface area contributed by atoms with Gasteiger partial charge in [-0.05, 0) is 0 Å². The van der Waals surface area contributed by atoms with Gasteiger partial charge in [-0.25, -0.2) is 4.68 Å². The highest BCUT2D eigenvalue weighted by Gasteiger charge is 2.21. The number of hydrogen-bond donors (Lipinski definition) is 1. The van der Waals surface area contributed by atoms with E-state index in [2.05, 4.69) is 10.1 Å². The van der Waals surface area contributed by atoms with E-state index in [9.17, 15) is 9.35 Å². The van der Waals surface area contributed by atoms with Crippen molar-refractivity contribution >= 4 is 43.8 Å². The van der Waals surface area contributed by atoms with Crippen LogP contribution in [0.3, 0.4) is 0 Å². The van der Waals surface area contributed by atoms with Gasteiger partial charge in [0.2, 0.25) is 0 Å². The van der Waals surface area contributed by atoms with Crippen LogP contribution in [-0.2, 0) is 25.0 Å². The van der Waals surface area contributed by atoms with Crippen molar-refractivity contribution in [2.45, 2.75) is 11.1 Å². The molecule has 0 radical (unpaired) electrons. The Morgan fingerprint density at radius 3 is 2.95 bits per heavy atom. The molecule has 0 saturated heterocycles. The predicted octanol–water partition coefficient (Wildman–Crippen LogP) is 0.0319. The van der Waals surface area contributed by atoms with Crippen LogP contribution >= 0.6 is 11.3 Å². The lowest BCUT2D eigenvalue weighted by Crippen LogP contribution is -2.23. The first-order valence-electron chi connectivity index (χ1n) is 5.34. The Morgan fingerprint density at radius 1 is 1.58 bits per heavy atom. The largest absolute Gasteiger partial charge is 0.610 e. The summed E-state index contributed by atoms with van der Waals surface area (Å²) in [6.45, 7) is -0.467. The number of rotatable bonds is 2. The van der Waals surface area contributed by atoms with Crippen molar-refractivity contribution in [2.75, 3.05) is 6.26 Å². The fourth-order valence-corrected chi connectivity index (χ4v) is 3.77. The Hall–Kier alpha value is -1.42.